The fourth-order valence-corrected chi connectivity index (χ4v) is 2.52. The number of hydrogen-bond donors (Lipinski definition) is 1. The van der Waals surface area contributed by atoms with Crippen LogP contribution in [0.1, 0.15) is 40.5 Å². The maximum absolute atomic E-state index is 12.4. The van der Waals surface area contributed by atoms with E-state index in [1.165, 1.54) is 29.4 Å². The lowest BCUT2D eigenvalue weighted by atomic mass is 10.0. The first-order valence-corrected chi connectivity index (χ1v) is 7.46. The predicted molar refractivity (Wildman–Crippen MR) is 83.6 cm³/mol. The molecule has 0 aliphatic heterocycles. The molecule has 1 aliphatic carbocycles. The molecule has 1 heterocycles. The standard InChI is InChI=1S/C17H19N3O2/c1-11-3-5-12(6-4-11)16(13-7-8-13)18-17(22)14-9-10-15(21)20(2)19-14/h3-6,9-10,13,16H,7-8H2,1-2H3,(H,18,22)/t16-/m0/s1. The Labute approximate surface area is 129 Å². The zero-order valence-corrected chi connectivity index (χ0v) is 12.7. The number of aromatic nitrogens is 2. The van der Waals surface area contributed by atoms with Gasteiger partial charge in [-0.3, -0.25) is 9.59 Å². The van der Waals surface area contributed by atoms with Crippen LogP contribution in [0.2, 0.25) is 0 Å². The molecule has 5 nitrogen and oxygen atoms in total. The SMILES string of the molecule is Cc1ccc([C@H](NC(=O)c2ccc(=O)n(C)n2)C2CC2)cc1. The highest BCUT2D eigenvalue weighted by Crippen LogP contribution is 2.41. The molecule has 3 rings (SSSR count). The van der Waals surface area contributed by atoms with Crippen molar-refractivity contribution in [3.8, 4) is 0 Å². The summed E-state index contributed by atoms with van der Waals surface area (Å²) in [5, 5.41) is 7.07. The van der Waals surface area contributed by atoms with Gasteiger partial charge in [-0.25, -0.2) is 4.68 Å². The van der Waals surface area contributed by atoms with Crippen LogP contribution >= 0.6 is 0 Å². The summed E-state index contributed by atoms with van der Waals surface area (Å²) in [5.41, 5.74) is 2.35. The molecule has 1 saturated carbocycles. The quantitative estimate of drug-likeness (QED) is 0.938. The van der Waals surface area contributed by atoms with E-state index in [1.807, 2.05) is 6.92 Å². The lowest BCUT2D eigenvalue weighted by Crippen LogP contribution is -2.32. The summed E-state index contributed by atoms with van der Waals surface area (Å²) in [7, 11) is 1.54. The second-order valence-electron chi connectivity index (χ2n) is 5.88. The molecule has 1 aromatic carbocycles. The molecule has 1 atom stereocenters. The lowest BCUT2D eigenvalue weighted by molar-refractivity contribution is 0.0924. The Morgan fingerprint density at radius 1 is 1.23 bits per heavy atom. The van der Waals surface area contributed by atoms with Crippen LogP contribution in [0.4, 0.5) is 0 Å². The van der Waals surface area contributed by atoms with Crippen molar-refractivity contribution < 1.29 is 4.79 Å². The molecule has 0 radical (unpaired) electrons. The number of carbonyl (C=O) groups excluding carboxylic acids is 1. The molecule has 2 aromatic rings. The molecule has 22 heavy (non-hydrogen) atoms. The number of nitrogens with zero attached hydrogens (tertiary/aromatic N) is 2. The van der Waals surface area contributed by atoms with E-state index >= 15 is 0 Å². The monoisotopic (exact) mass is 297 g/mol. The molecule has 1 fully saturated rings. The van der Waals surface area contributed by atoms with Crippen molar-refractivity contribution >= 4 is 5.91 Å². The lowest BCUT2D eigenvalue weighted by Gasteiger charge is -2.19. The number of nitrogens with one attached hydrogen (secondary N) is 1. The molecule has 1 N–H and O–H groups in total. The van der Waals surface area contributed by atoms with Crippen LogP contribution in [0, 0.1) is 12.8 Å². The largest absolute Gasteiger partial charge is 0.344 e. The van der Waals surface area contributed by atoms with E-state index in [-0.39, 0.29) is 23.2 Å². The van der Waals surface area contributed by atoms with Crippen molar-refractivity contribution in [2.45, 2.75) is 25.8 Å². The Hall–Kier alpha value is -2.43. The van der Waals surface area contributed by atoms with Gasteiger partial charge in [0, 0.05) is 13.1 Å². The van der Waals surface area contributed by atoms with Gasteiger partial charge in [-0.15, -0.1) is 0 Å². The predicted octanol–water partition coefficient (Wildman–Crippen LogP) is 1.97. The summed E-state index contributed by atoms with van der Waals surface area (Å²) in [6.07, 6.45) is 2.25. The number of aryl methyl sites for hydroxylation is 2. The Bertz CT molecular complexity index is 745. The molecular weight excluding hydrogens is 278 g/mol. The first-order valence-electron chi connectivity index (χ1n) is 7.46. The van der Waals surface area contributed by atoms with Crippen LogP contribution < -0.4 is 10.9 Å². The second-order valence-corrected chi connectivity index (χ2v) is 5.88. The number of hydrogen-bond acceptors (Lipinski definition) is 3. The minimum absolute atomic E-state index is 0.00661. The van der Waals surface area contributed by atoms with Crippen LogP contribution in [-0.2, 0) is 7.05 Å². The molecule has 0 bridgehead atoms. The summed E-state index contributed by atoms with van der Waals surface area (Å²) in [4.78, 5) is 23.8. The van der Waals surface area contributed by atoms with E-state index in [0.29, 0.717) is 5.92 Å². The molecule has 1 aromatic heterocycles. The van der Waals surface area contributed by atoms with Gasteiger partial charge in [0.2, 0.25) is 0 Å². The summed E-state index contributed by atoms with van der Waals surface area (Å²) < 4.78 is 1.17. The zero-order valence-electron chi connectivity index (χ0n) is 12.7. The van der Waals surface area contributed by atoms with E-state index < -0.39 is 0 Å². The average molecular weight is 297 g/mol. The second kappa shape index (κ2) is 5.75. The minimum atomic E-state index is -0.243. The van der Waals surface area contributed by atoms with Gasteiger partial charge in [-0.1, -0.05) is 29.8 Å². The van der Waals surface area contributed by atoms with E-state index in [0.717, 1.165) is 18.4 Å². The third-order valence-electron chi connectivity index (χ3n) is 4.01. The molecule has 1 amide bonds. The van der Waals surface area contributed by atoms with E-state index in [2.05, 4.69) is 34.7 Å². The van der Waals surface area contributed by atoms with E-state index in [4.69, 9.17) is 0 Å². The summed E-state index contributed by atoms with van der Waals surface area (Å²) >= 11 is 0. The molecule has 114 valence electrons. The van der Waals surface area contributed by atoms with Crippen molar-refractivity contribution in [3.05, 3.63) is 63.6 Å². The van der Waals surface area contributed by atoms with Crippen molar-refractivity contribution in [2.75, 3.05) is 0 Å². The Balaban J connectivity index is 1.81. The smallest absolute Gasteiger partial charge is 0.272 e. The zero-order chi connectivity index (χ0) is 15.7. The third-order valence-corrected chi connectivity index (χ3v) is 4.01. The van der Waals surface area contributed by atoms with Crippen LogP contribution in [0.25, 0.3) is 0 Å². The summed E-state index contributed by atoms with van der Waals surface area (Å²) in [5.74, 6) is 0.243. The summed E-state index contributed by atoms with van der Waals surface area (Å²) in [6, 6.07) is 11.1. The highest BCUT2D eigenvalue weighted by atomic mass is 16.2. The van der Waals surface area contributed by atoms with Gasteiger partial charge in [0.05, 0.1) is 6.04 Å². The Morgan fingerprint density at radius 2 is 1.91 bits per heavy atom. The van der Waals surface area contributed by atoms with Crippen LogP contribution in [0.15, 0.2) is 41.2 Å². The van der Waals surface area contributed by atoms with Crippen LogP contribution in [0.3, 0.4) is 0 Å². The van der Waals surface area contributed by atoms with E-state index in [1.54, 1.807) is 0 Å². The van der Waals surface area contributed by atoms with Gasteiger partial charge in [0.1, 0.15) is 5.69 Å². The highest BCUT2D eigenvalue weighted by Gasteiger charge is 2.33. The van der Waals surface area contributed by atoms with Gasteiger partial charge in [-0.2, -0.15) is 5.10 Å². The van der Waals surface area contributed by atoms with Crippen molar-refractivity contribution in [3.63, 3.8) is 0 Å². The third kappa shape index (κ3) is 3.08. The summed E-state index contributed by atoms with van der Waals surface area (Å²) in [6.45, 7) is 2.04. The normalized spacial score (nSPS) is 15.4. The van der Waals surface area contributed by atoms with Gasteiger partial charge < -0.3 is 5.32 Å². The van der Waals surface area contributed by atoms with Crippen molar-refractivity contribution in [2.24, 2.45) is 13.0 Å². The average Bonchev–Trinajstić information content (AvgIpc) is 3.33. The molecular formula is C17H19N3O2. The fourth-order valence-electron chi connectivity index (χ4n) is 2.52. The number of carbonyl (C=O) groups is 1. The highest BCUT2D eigenvalue weighted by molar-refractivity contribution is 5.92. The molecule has 0 spiro atoms. The van der Waals surface area contributed by atoms with Crippen molar-refractivity contribution in [1.82, 2.24) is 15.1 Å². The molecule has 0 unspecified atom stereocenters. The first-order chi connectivity index (χ1) is 10.5. The minimum Gasteiger partial charge on any atom is -0.344 e. The van der Waals surface area contributed by atoms with Crippen LogP contribution in [0.5, 0.6) is 0 Å². The first kappa shape index (κ1) is 14.5. The van der Waals surface area contributed by atoms with Gasteiger partial charge >= 0.3 is 0 Å². The Morgan fingerprint density at radius 3 is 2.50 bits per heavy atom. The van der Waals surface area contributed by atoms with Crippen LogP contribution in [-0.4, -0.2) is 15.7 Å². The fraction of sp³-hybridized carbons (Fsp3) is 0.353. The number of rotatable bonds is 4. The Kier molecular flexibility index (Phi) is 3.79. The van der Waals surface area contributed by atoms with Crippen molar-refractivity contribution in [1.29, 1.82) is 0 Å². The van der Waals surface area contributed by atoms with Gasteiger partial charge in [-0.05, 0) is 37.3 Å². The number of benzene rings is 1. The topological polar surface area (TPSA) is 64.0 Å². The molecule has 1 aliphatic rings. The maximum atomic E-state index is 12.4. The molecule has 5 heteroatoms. The van der Waals surface area contributed by atoms with E-state index in [9.17, 15) is 9.59 Å². The van der Waals surface area contributed by atoms with Gasteiger partial charge in [0.15, 0.2) is 0 Å². The molecule has 0 saturated heterocycles. The van der Waals surface area contributed by atoms with Gasteiger partial charge in [0.25, 0.3) is 11.5 Å². The maximum Gasteiger partial charge on any atom is 0.272 e. The number of amides is 1.